The van der Waals surface area contributed by atoms with Crippen LogP contribution in [0.15, 0.2) is 24.3 Å². The van der Waals surface area contributed by atoms with E-state index in [0.717, 1.165) is 32.7 Å². The van der Waals surface area contributed by atoms with Gasteiger partial charge in [-0.15, -0.1) is 0 Å². The molecule has 5 heteroatoms. The Labute approximate surface area is 129 Å². The number of nitrogens with one attached hydrogen (secondary N) is 1. The van der Waals surface area contributed by atoms with Gasteiger partial charge in [0.1, 0.15) is 11.5 Å². The molecule has 1 aromatic carbocycles. The summed E-state index contributed by atoms with van der Waals surface area (Å²) >= 11 is 0. The van der Waals surface area contributed by atoms with E-state index >= 15 is 0 Å². The van der Waals surface area contributed by atoms with Gasteiger partial charge in [-0.05, 0) is 24.1 Å². The van der Waals surface area contributed by atoms with Crippen molar-refractivity contribution >= 4 is 16.8 Å². The zero-order valence-electron chi connectivity index (χ0n) is 13.1. The monoisotopic (exact) mass is 303 g/mol. The highest BCUT2D eigenvalue weighted by molar-refractivity contribution is 5.98. The Hall–Kier alpha value is -1.88. The van der Waals surface area contributed by atoms with Crippen molar-refractivity contribution in [2.24, 2.45) is 5.92 Å². The van der Waals surface area contributed by atoms with Gasteiger partial charge in [0.05, 0.1) is 0 Å². The summed E-state index contributed by atoms with van der Waals surface area (Å²) in [7, 11) is 0. The first-order valence-corrected chi connectivity index (χ1v) is 7.83. The van der Waals surface area contributed by atoms with E-state index in [9.17, 15) is 9.18 Å². The molecule has 1 saturated heterocycles. The Balaban J connectivity index is 1.70. The highest BCUT2D eigenvalue weighted by Crippen LogP contribution is 2.20. The van der Waals surface area contributed by atoms with Crippen LogP contribution >= 0.6 is 0 Å². The second-order valence-corrected chi connectivity index (χ2v) is 6.37. The van der Waals surface area contributed by atoms with Crippen molar-refractivity contribution in [1.82, 2.24) is 14.8 Å². The number of hydrogen-bond acceptors (Lipinski definition) is 2. The third kappa shape index (κ3) is 2.99. The summed E-state index contributed by atoms with van der Waals surface area (Å²) in [6.45, 7) is 8.73. The van der Waals surface area contributed by atoms with Gasteiger partial charge in [0.15, 0.2) is 0 Å². The Morgan fingerprint density at radius 1 is 1.27 bits per heavy atom. The van der Waals surface area contributed by atoms with Gasteiger partial charge in [0.25, 0.3) is 5.91 Å². The molecule has 1 N–H and O–H groups in total. The first-order chi connectivity index (χ1) is 10.5. The van der Waals surface area contributed by atoms with Crippen molar-refractivity contribution < 1.29 is 9.18 Å². The number of hydrogen-bond donors (Lipinski definition) is 1. The van der Waals surface area contributed by atoms with Crippen LogP contribution in [0.5, 0.6) is 0 Å². The van der Waals surface area contributed by atoms with Crippen LogP contribution in [0.3, 0.4) is 0 Å². The number of fused-ring (bicyclic) bond motifs is 1. The fourth-order valence-corrected chi connectivity index (χ4v) is 3.05. The average Bonchev–Trinajstić information content (AvgIpc) is 2.92. The van der Waals surface area contributed by atoms with Crippen LogP contribution in [0.4, 0.5) is 4.39 Å². The molecule has 0 aliphatic carbocycles. The second-order valence-electron chi connectivity index (χ2n) is 6.37. The number of H-pyrrole nitrogens is 1. The quantitative estimate of drug-likeness (QED) is 0.947. The maximum absolute atomic E-state index is 13.7. The summed E-state index contributed by atoms with van der Waals surface area (Å²) in [5.41, 5.74) is 1.14. The predicted molar refractivity (Wildman–Crippen MR) is 85.4 cm³/mol. The van der Waals surface area contributed by atoms with Crippen LogP contribution in [0, 0.1) is 11.7 Å². The molecule has 1 amide bonds. The van der Waals surface area contributed by atoms with E-state index < -0.39 is 0 Å². The molecule has 0 bridgehead atoms. The second kappa shape index (κ2) is 6.08. The first-order valence-electron chi connectivity index (χ1n) is 7.83. The van der Waals surface area contributed by atoms with E-state index in [1.165, 1.54) is 6.07 Å². The van der Waals surface area contributed by atoms with Crippen LogP contribution in [0.1, 0.15) is 24.3 Å². The zero-order valence-corrected chi connectivity index (χ0v) is 13.1. The van der Waals surface area contributed by atoms with E-state index in [1.54, 1.807) is 18.2 Å². The smallest absolute Gasteiger partial charge is 0.270 e. The van der Waals surface area contributed by atoms with Crippen LogP contribution in [-0.2, 0) is 0 Å². The number of aromatic nitrogens is 1. The van der Waals surface area contributed by atoms with Crippen LogP contribution in [0.25, 0.3) is 10.9 Å². The lowest BCUT2D eigenvalue weighted by Gasteiger charge is -2.35. The number of nitrogens with zero attached hydrogens (tertiary/aromatic N) is 2. The highest BCUT2D eigenvalue weighted by atomic mass is 19.1. The van der Waals surface area contributed by atoms with E-state index in [4.69, 9.17) is 0 Å². The maximum Gasteiger partial charge on any atom is 0.270 e. The van der Waals surface area contributed by atoms with Gasteiger partial charge in [-0.1, -0.05) is 19.9 Å². The summed E-state index contributed by atoms with van der Waals surface area (Å²) in [4.78, 5) is 19.8. The Morgan fingerprint density at radius 2 is 2.00 bits per heavy atom. The fourth-order valence-electron chi connectivity index (χ4n) is 3.05. The minimum Gasteiger partial charge on any atom is -0.350 e. The predicted octanol–water partition coefficient (Wildman–Crippen LogP) is 2.72. The molecule has 0 radical (unpaired) electrons. The SMILES string of the molecule is CC(C)CN1CCN(C(=O)c2cc3c(F)cccc3[nH]2)CC1. The number of aromatic amines is 1. The van der Waals surface area contributed by atoms with E-state index in [2.05, 4.69) is 23.7 Å². The van der Waals surface area contributed by atoms with Gasteiger partial charge in [0.2, 0.25) is 0 Å². The lowest BCUT2D eigenvalue weighted by molar-refractivity contribution is 0.0619. The number of amides is 1. The van der Waals surface area contributed by atoms with Gasteiger partial charge in [0, 0.05) is 43.6 Å². The lowest BCUT2D eigenvalue weighted by Crippen LogP contribution is -2.49. The summed E-state index contributed by atoms with van der Waals surface area (Å²) in [6.07, 6.45) is 0. The fraction of sp³-hybridized carbons (Fsp3) is 0.471. The third-order valence-electron chi connectivity index (χ3n) is 4.12. The van der Waals surface area contributed by atoms with E-state index in [-0.39, 0.29) is 11.7 Å². The number of rotatable bonds is 3. The van der Waals surface area contributed by atoms with Crippen LogP contribution < -0.4 is 0 Å². The molecule has 1 aliphatic heterocycles. The maximum atomic E-state index is 13.7. The minimum absolute atomic E-state index is 0.0419. The number of benzene rings is 1. The number of carbonyl (C=O) groups is 1. The molecular weight excluding hydrogens is 281 g/mol. The van der Waals surface area contributed by atoms with Crippen molar-refractivity contribution in [1.29, 1.82) is 0 Å². The van der Waals surface area contributed by atoms with Crippen molar-refractivity contribution in [2.75, 3.05) is 32.7 Å². The standard InChI is InChI=1S/C17H22FN3O/c1-12(2)11-20-6-8-21(9-7-20)17(22)16-10-13-14(18)4-3-5-15(13)19-16/h3-5,10,12,19H,6-9,11H2,1-2H3. The van der Waals surface area contributed by atoms with Crippen molar-refractivity contribution in [3.05, 3.63) is 35.8 Å². The third-order valence-corrected chi connectivity index (χ3v) is 4.12. The molecular formula is C17H22FN3O. The summed E-state index contributed by atoms with van der Waals surface area (Å²) in [5, 5.41) is 0.476. The Morgan fingerprint density at radius 3 is 2.64 bits per heavy atom. The topological polar surface area (TPSA) is 39.3 Å². The molecule has 1 aromatic heterocycles. The first kappa shape index (κ1) is 15.0. The summed E-state index contributed by atoms with van der Waals surface area (Å²) in [6, 6.07) is 6.46. The molecule has 0 spiro atoms. The number of piperazine rings is 1. The summed E-state index contributed by atoms with van der Waals surface area (Å²) < 4.78 is 13.7. The van der Waals surface area contributed by atoms with Crippen molar-refractivity contribution in [3.63, 3.8) is 0 Å². The zero-order chi connectivity index (χ0) is 15.7. The lowest BCUT2D eigenvalue weighted by atomic mass is 10.2. The number of carbonyl (C=O) groups excluding carboxylic acids is 1. The van der Waals surface area contributed by atoms with Gasteiger partial charge < -0.3 is 9.88 Å². The molecule has 2 aromatic rings. The molecule has 2 heterocycles. The molecule has 4 nitrogen and oxygen atoms in total. The molecule has 3 rings (SSSR count). The van der Waals surface area contributed by atoms with Gasteiger partial charge in [-0.2, -0.15) is 0 Å². The molecule has 0 atom stereocenters. The molecule has 1 aliphatic rings. The van der Waals surface area contributed by atoms with Crippen molar-refractivity contribution in [2.45, 2.75) is 13.8 Å². The molecule has 0 saturated carbocycles. The summed E-state index contributed by atoms with van der Waals surface area (Å²) in [5.74, 6) is 0.299. The normalized spacial score (nSPS) is 16.6. The average molecular weight is 303 g/mol. The molecule has 0 unspecified atom stereocenters. The largest absolute Gasteiger partial charge is 0.350 e. The van der Waals surface area contributed by atoms with Gasteiger partial charge >= 0.3 is 0 Å². The van der Waals surface area contributed by atoms with E-state index in [0.29, 0.717) is 22.5 Å². The highest BCUT2D eigenvalue weighted by Gasteiger charge is 2.23. The molecule has 22 heavy (non-hydrogen) atoms. The van der Waals surface area contributed by atoms with Gasteiger partial charge in [-0.3, -0.25) is 9.69 Å². The molecule has 1 fully saturated rings. The van der Waals surface area contributed by atoms with Crippen LogP contribution in [-0.4, -0.2) is 53.4 Å². The number of halogens is 1. The Kier molecular flexibility index (Phi) is 4.16. The molecule has 118 valence electrons. The van der Waals surface area contributed by atoms with Crippen molar-refractivity contribution in [3.8, 4) is 0 Å². The minimum atomic E-state index is -0.297. The van der Waals surface area contributed by atoms with E-state index in [1.807, 2.05) is 4.90 Å². The van der Waals surface area contributed by atoms with Crippen LogP contribution in [0.2, 0.25) is 0 Å². The van der Waals surface area contributed by atoms with Gasteiger partial charge in [-0.25, -0.2) is 4.39 Å². The Bertz CT molecular complexity index is 672.